The van der Waals surface area contributed by atoms with Gasteiger partial charge in [0.15, 0.2) is 5.82 Å². The molecule has 2 aromatic rings. The fraction of sp³-hybridized carbons (Fsp3) is 0. The van der Waals surface area contributed by atoms with Gasteiger partial charge in [-0.3, -0.25) is 5.43 Å². The number of hydrazone groups is 1. The Morgan fingerprint density at radius 3 is 2.82 bits per heavy atom. The zero-order valence-corrected chi connectivity index (χ0v) is 11.4. The van der Waals surface area contributed by atoms with Crippen molar-refractivity contribution in [1.29, 1.82) is 0 Å². The third-order valence-electron chi connectivity index (χ3n) is 1.79. The largest absolute Gasteiger partial charge is 0.260 e. The highest BCUT2D eigenvalue weighted by molar-refractivity contribution is 7.11. The SMILES string of the molecule is Clc1cc(Cl)c(NN=Cc2cccs2)nc1Cl. The average Bonchev–Trinajstić information content (AvgIpc) is 2.78. The van der Waals surface area contributed by atoms with E-state index in [1.807, 2.05) is 17.5 Å². The molecule has 7 heteroatoms. The molecule has 0 spiro atoms. The van der Waals surface area contributed by atoms with Crippen LogP contribution in [0, 0.1) is 0 Å². The van der Waals surface area contributed by atoms with E-state index in [0.29, 0.717) is 15.9 Å². The Labute approximate surface area is 117 Å². The van der Waals surface area contributed by atoms with Crippen LogP contribution in [0.1, 0.15) is 4.88 Å². The fourth-order valence-electron chi connectivity index (χ4n) is 1.04. The maximum atomic E-state index is 5.92. The number of nitrogens with one attached hydrogen (secondary N) is 1. The Bertz CT molecular complexity index is 540. The van der Waals surface area contributed by atoms with E-state index in [1.165, 1.54) is 6.07 Å². The molecule has 2 heterocycles. The number of hydrogen-bond donors (Lipinski definition) is 1. The molecule has 1 N–H and O–H groups in total. The standard InChI is InChI=1S/C10H6Cl3N3S/c11-7-4-8(12)10(15-9(7)13)16-14-5-6-2-1-3-17-6/h1-5H,(H,15,16). The predicted octanol–water partition coefficient (Wildman–Crippen LogP) is 4.55. The highest BCUT2D eigenvalue weighted by Crippen LogP contribution is 2.28. The molecule has 2 aromatic heterocycles. The molecule has 0 saturated heterocycles. The van der Waals surface area contributed by atoms with Crippen molar-refractivity contribution in [2.75, 3.05) is 5.43 Å². The molecule has 0 aliphatic rings. The topological polar surface area (TPSA) is 37.3 Å². The first-order valence-corrected chi connectivity index (χ1v) is 6.52. The van der Waals surface area contributed by atoms with Gasteiger partial charge in [0, 0.05) is 4.88 Å². The zero-order chi connectivity index (χ0) is 12.3. The number of anilines is 1. The Balaban J connectivity index is 2.11. The summed E-state index contributed by atoms with van der Waals surface area (Å²) in [6.07, 6.45) is 1.67. The Morgan fingerprint density at radius 2 is 2.12 bits per heavy atom. The van der Waals surface area contributed by atoms with Crippen molar-refractivity contribution >= 4 is 58.2 Å². The number of aromatic nitrogens is 1. The van der Waals surface area contributed by atoms with Crippen molar-refractivity contribution < 1.29 is 0 Å². The Morgan fingerprint density at radius 1 is 1.29 bits per heavy atom. The fourth-order valence-corrected chi connectivity index (χ4v) is 2.17. The summed E-state index contributed by atoms with van der Waals surface area (Å²) in [7, 11) is 0. The molecule has 0 bridgehead atoms. The second-order valence-electron chi connectivity index (χ2n) is 2.98. The Kier molecular flexibility index (Phi) is 4.23. The molecule has 3 nitrogen and oxygen atoms in total. The van der Waals surface area contributed by atoms with Gasteiger partial charge in [-0.25, -0.2) is 4.98 Å². The van der Waals surface area contributed by atoms with E-state index < -0.39 is 0 Å². The summed E-state index contributed by atoms with van der Waals surface area (Å²) in [4.78, 5) is 4.99. The minimum Gasteiger partial charge on any atom is -0.260 e. The second-order valence-corrected chi connectivity index (χ2v) is 5.13. The smallest absolute Gasteiger partial charge is 0.166 e. The molecular weight excluding hydrogens is 301 g/mol. The van der Waals surface area contributed by atoms with Crippen LogP contribution >= 0.6 is 46.1 Å². The third kappa shape index (κ3) is 3.33. The molecule has 0 atom stereocenters. The average molecular weight is 307 g/mol. The summed E-state index contributed by atoms with van der Waals surface area (Å²) in [6.45, 7) is 0. The molecule has 2 rings (SSSR count). The monoisotopic (exact) mass is 305 g/mol. The van der Waals surface area contributed by atoms with Gasteiger partial charge < -0.3 is 0 Å². The van der Waals surface area contributed by atoms with Crippen LogP contribution in [0.4, 0.5) is 5.82 Å². The highest BCUT2D eigenvalue weighted by Gasteiger charge is 2.06. The molecule has 17 heavy (non-hydrogen) atoms. The first kappa shape index (κ1) is 12.6. The lowest BCUT2D eigenvalue weighted by atomic mass is 10.4. The van der Waals surface area contributed by atoms with Gasteiger partial charge in [0.05, 0.1) is 16.3 Å². The van der Waals surface area contributed by atoms with Gasteiger partial charge >= 0.3 is 0 Å². The van der Waals surface area contributed by atoms with Crippen molar-refractivity contribution in [2.45, 2.75) is 0 Å². The van der Waals surface area contributed by atoms with Gasteiger partial charge in [0.1, 0.15) is 5.15 Å². The normalized spacial score (nSPS) is 11.0. The second kappa shape index (κ2) is 5.69. The number of halogens is 3. The predicted molar refractivity (Wildman–Crippen MR) is 74.8 cm³/mol. The molecule has 0 aliphatic carbocycles. The lowest BCUT2D eigenvalue weighted by molar-refractivity contribution is 1.23. The summed E-state index contributed by atoms with van der Waals surface area (Å²) in [5.41, 5.74) is 2.71. The van der Waals surface area contributed by atoms with Gasteiger partial charge in [0.2, 0.25) is 0 Å². The van der Waals surface area contributed by atoms with Crippen LogP contribution in [0.15, 0.2) is 28.7 Å². The summed E-state index contributed by atoms with van der Waals surface area (Å²) in [5.74, 6) is 0.369. The maximum absolute atomic E-state index is 5.92. The third-order valence-corrected chi connectivity index (χ3v) is 3.56. The summed E-state index contributed by atoms with van der Waals surface area (Å²) >= 11 is 19.0. The van der Waals surface area contributed by atoms with Gasteiger partial charge in [-0.2, -0.15) is 5.10 Å². The number of rotatable bonds is 3. The molecule has 88 valence electrons. The van der Waals surface area contributed by atoms with Crippen molar-refractivity contribution in [3.8, 4) is 0 Å². The van der Waals surface area contributed by atoms with Crippen LogP contribution in [0.5, 0.6) is 0 Å². The van der Waals surface area contributed by atoms with E-state index in [4.69, 9.17) is 34.8 Å². The van der Waals surface area contributed by atoms with E-state index in [0.717, 1.165) is 4.88 Å². The summed E-state index contributed by atoms with van der Waals surface area (Å²) < 4.78 is 0. The van der Waals surface area contributed by atoms with E-state index in [-0.39, 0.29) is 5.15 Å². The summed E-state index contributed by atoms with van der Waals surface area (Å²) in [6, 6.07) is 5.40. The van der Waals surface area contributed by atoms with Crippen LogP contribution in [-0.2, 0) is 0 Å². The summed E-state index contributed by atoms with van der Waals surface area (Å²) in [5, 5.41) is 6.82. The Hall–Kier alpha value is -0.810. The lowest BCUT2D eigenvalue weighted by Gasteiger charge is -2.03. The van der Waals surface area contributed by atoms with Gasteiger partial charge in [0.25, 0.3) is 0 Å². The number of thiophene rings is 1. The first-order chi connectivity index (χ1) is 8.16. The molecule has 0 aromatic carbocycles. The van der Waals surface area contributed by atoms with E-state index in [2.05, 4.69) is 15.5 Å². The van der Waals surface area contributed by atoms with Crippen LogP contribution in [0.25, 0.3) is 0 Å². The molecular formula is C10H6Cl3N3S. The van der Waals surface area contributed by atoms with Crippen LogP contribution in [-0.4, -0.2) is 11.2 Å². The zero-order valence-electron chi connectivity index (χ0n) is 8.32. The van der Waals surface area contributed by atoms with E-state index in [9.17, 15) is 0 Å². The highest BCUT2D eigenvalue weighted by atomic mass is 35.5. The molecule has 0 unspecified atom stereocenters. The van der Waals surface area contributed by atoms with E-state index in [1.54, 1.807) is 17.6 Å². The van der Waals surface area contributed by atoms with Crippen LogP contribution in [0.3, 0.4) is 0 Å². The van der Waals surface area contributed by atoms with Crippen LogP contribution < -0.4 is 5.43 Å². The van der Waals surface area contributed by atoms with E-state index >= 15 is 0 Å². The molecule has 0 saturated carbocycles. The lowest BCUT2D eigenvalue weighted by Crippen LogP contribution is -1.94. The molecule has 0 aliphatic heterocycles. The van der Waals surface area contributed by atoms with Gasteiger partial charge in [-0.05, 0) is 17.5 Å². The van der Waals surface area contributed by atoms with Crippen molar-refractivity contribution in [3.05, 3.63) is 43.7 Å². The number of hydrogen-bond acceptors (Lipinski definition) is 4. The minimum absolute atomic E-state index is 0.185. The number of pyridine rings is 1. The molecule has 0 radical (unpaired) electrons. The van der Waals surface area contributed by atoms with Crippen molar-refractivity contribution in [3.63, 3.8) is 0 Å². The van der Waals surface area contributed by atoms with Gasteiger partial charge in [-0.15, -0.1) is 11.3 Å². The maximum Gasteiger partial charge on any atom is 0.166 e. The van der Waals surface area contributed by atoms with Crippen LogP contribution in [0.2, 0.25) is 15.2 Å². The number of nitrogens with zero attached hydrogens (tertiary/aromatic N) is 2. The van der Waals surface area contributed by atoms with Crippen molar-refractivity contribution in [1.82, 2.24) is 4.98 Å². The molecule has 0 amide bonds. The van der Waals surface area contributed by atoms with Gasteiger partial charge in [-0.1, -0.05) is 40.9 Å². The quantitative estimate of drug-likeness (QED) is 0.513. The van der Waals surface area contributed by atoms with Crippen molar-refractivity contribution in [2.24, 2.45) is 5.10 Å². The first-order valence-electron chi connectivity index (χ1n) is 4.51. The molecule has 0 fully saturated rings. The minimum atomic E-state index is 0.185.